The molecule has 6 unspecified atom stereocenters. The summed E-state index contributed by atoms with van der Waals surface area (Å²) in [5.41, 5.74) is 0.631. The molecule has 0 amide bonds. The normalized spacial score (nSPS) is 42.7. The van der Waals surface area contributed by atoms with Crippen LogP contribution in [0.25, 0.3) is 0 Å². The first-order valence-electron chi connectivity index (χ1n) is 10.6. The van der Waals surface area contributed by atoms with Gasteiger partial charge in [0.25, 0.3) is 0 Å². The summed E-state index contributed by atoms with van der Waals surface area (Å²) in [7, 11) is 0. The van der Waals surface area contributed by atoms with Crippen LogP contribution in [0.1, 0.15) is 78.1 Å². The second kappa shape index (κ2) is 6.41. The highest BCUT2D eigenvalue weighted by Gasteiger charge is 2.54. The monoisotopic (exact) mass is 312 g/mol. The summed E-state index contributed by atoms with van der Waals surface area (Å²) in [5, 5.41) is 0. The van der Waals surface area contributed by atoms with Crippen LogP contribution < -0.4 is 0 Å². The van der Waals surface area contributed by atoms with Gasteiger partial charge in [-0.05, 0) is 85.9 Å². The molecule has 0 aromatic carbocycles. The fourth-order valence-corrected chi connectivity index (χ4v) is 7.65. The lowest BCUT2D eigenvalue weighted by molar-refractivity contribution is 0.00486. The summed E-state index contributed by atoms with van der Waals surface area (Å²) < 4.78 is 0. The van der Waals surface area contributed by atoms with Crippen molar-refractivity contribution in [2.75, 3.05) is 0 Å². The minimum Gasteiger partial charge on any atom is -0.0808 e. The predicted octanol–water partition coefficient (Wildman–Crippen LogP) is 6.78. The fraction of sp³-hybridized carbons (Fsp3) is 0.826. The van der Waals surface area contributed by atoms with Gasteiger partial charge in [0.2, 0.25) is 0 Å². The van der Waals surface area contributed by atoms with Gasteiger partial charge in [0.05, 0.1) is 0 Å². The molecule has 0 aromatic heterocycles. The number of fused-ring (bicyclic) bond motifs is 2. The number of hydrogen-bond acceptors (Lipinski definition) is 0. The Morgan fingerprint density at radius 2 is 1.52 bits per heavy atom. The molecule has 6 atom stereocenters. The molecule has 0 saturated heterocycles. The maximum Gasteiger partial charge on any atom is -0.0134 e. The standard InChI is InChI=1S/C23H36/c1-3-23(4-2,21-15-13-17-9-5-7-11-19(17)21)22-16-14-18-10-6-8-12-20(18)22/h5,7,9,11,17-22H,3-4,6,8,10,12-16H2,1-2H3. The first kappa shape index (κ1) is 16.0. The van der Waals surface area contributed by atoms with E-state index in [-0.39, 0.29) is 0 Å². The second-order valence-corrected chi connectivity index (χ2v) is 9.03. The zero-order chi connectivity index (χ0) is 15.9. The zero-order valence-corrected chi connectivity index (χ0v) is 15.3. The van der Waals surface area contributed by atoms with Gasteiger partial charge in [-0.25, -0.2) is 0 Å². The zero-order valence-electron chi connectivity index (χ0n) is 15.3. The van der Waals surface area contributed by atoms with Gasteiger partial charge >= 0.3 is 0 Å². The molecule has 0 N–H and O–H groups in total. The van der Waals surface area contributed by atoms with E-state index in [1.54, 1.807) is 25.7 Å². The summed E-state index contributed by atoms with van der Waals surface area (Å²) >= 11 is 0. The maximum absolute atomic E-state index is 2.58. The Balaban J connectivity index is 1.63. The van der Waals surface area contributed by atoms with Gasteiger partial charge in [0.15, 0.2) is 0 Å². The Bertz CT molecular complexity index is 466. The molecule has 3 saturated carbocycles. The summed E-state index contributed by atoms with van der Waals surface area (Å²) in [6.07, 6.45) is 24.7. The number of rotatable bonds is 4. The lowest BCUT2D eigenvalue weighted by atomic mass is 9.55. The van der Waals surface area contributed by atoms with E-state index in [0.717, 1.165) is 35.5 Å². The smallest absolute Gasteiger partial charge is 0.0134 e. The van der Waals surface area contributed by atoms with Crippen molar-refractivity contribution >= 4 is 0 Å². The molecular weight excluding hydrogens is 276 g/mol. The molecule has 0 bridgehead atoms. The Hall–Kier alpha value is -0.520. The lowest BCUT2D eigenvalue weighted by Crippen LogP contribution is -2.42. The third-order valence-electron chi connectivity index (χ3n) is 8.70. The number of hydrogen-bond donors (Lipinski definition) is 0. The van der Waals surface area contributed by atoms with Crippen LogP contribution in [0.3, 0.4) is 0 Å². The van der Waals surface area contributed by atoms with Crippen LogP contribution in [0, 0.1) is 40.9 Å². The van der Waals surface area contributed by atoms with Crippen LogP contribution in [-0.4, -0.2) is 0 Å². The Morgan fingerprint density at radius 3 is 2.35 bits per heavy atom. The van der Waals surface area contributed by atoms with Crippen molar-refractivity contribution in [1.82, 2.24) is 0 Å². The van der Waals surface area contributed by atoms with Crippen molar-refractivity contribution in [2.45, 2.75) is 78.1 Å². The topological polar surface area (TPSA) is 0 Å². The van der Waals surface area contributed by atoms with Gasteiger partial charge in [-0.15, -0.1) is 0 Å². The summed E-state index contributed by atoms with van der Waals surface area (Å²) in [5.74, 6) is 5.85. The predicted molar refractivity (Wildman–Crippen MR) is 99.2 cm³/mol. The van der Waals surface area contributed by atoms with Crippen LogP contribution >= 0.6 is 0 Å². The molecule has 23 heavy (non-hydrogen) atoms. The molecule has 128 valence electrons. The molecular formula is C23H36. The van der Waals surface area contributed by atoms with E-state index < -0.39 is 0 Å². The van der Waals surface area contributed by atoms with E-state index in [1.165, 1.54) is 38.5 Å². The van der Waals surface area contributed by atoms with E-state index in [2.05, 4.69) is 38.2 Å². The Labute approximate surface area is 143 Å². The van der Waals surface area contributed by atoms with Gasteiger partial charge in [0, 0.05) is 0 Å². The molecule has 4 aliphatic carbocycles. The fourth-order valence-electron chi connectivity index (χ4n) is 7.65. The van der Waals surface area contributed by atoms with Crippen LogP contribution in [-0.2, 0) is 0 Å². The van der Waals surface area contributed by atoms with Crippen molar-refractivity contribution in [3.05, 3.63) is 24.3 Å². The molecule has 0 nitrogen and oxygen atoms in total. The molecule has 0 aromatic rings. The van der Waals surface area contributed by atoms with Crippen LogP contribution in [0.5, 0.6) is 0 Å². The van der Waals surface area contributed by atoms with Crippen LogP contribution in [0.4, 0.5) is 0 Å². The van der Waals surface area contributed by atoms with Crippen molar-refractivity contribution in [3.63, 3.8) is 0 Å². The molecule has 0 heteroatoms. The van der Waals surface area contributed by atoms with Crippen molar-refractivity contribution in [1.29, 1.82) is 0 Å². The largest absolute Gasteiger partial charge is 0.0808 e. The van der Waals surface area contributed by atoms with Crippen LogP contribution in [0.15, 0.2) is 24.3 Å². The van der Waals surface area contributed by atoms with E-state index in [0.29, 0.717) is 5.41 Å². The second-order valence-electron chi connectivity index (χ2n) is 9.03. The third kappa shape index (κ3) is 2.47. The van der Waals surface area contributed by atoms with Gasteiger partial charge < -0.3 is 0 Å². The molecule has 0 aliphatic heterocycles. The van der Waals surface area contributed by atoms with Gasteiger partial charge in [0.1, 0.15) is 0 Å². The van der Waals surface area contributed by atoms with Crippen molar-refractivity contribution in [3.8, 4) is 0 Å². The Morgan fingerprint density at radius 1 is 0.783 bits per heavy atom. The first-order valence-corrected chi connectivity index (χ1v) is 10.6. The van der Waals surface area contributed by atoms with Crippen LogP contribution in [0.2, 0.25) is 0 Å². The average molecular weight is 313 g/mol. The minimum absolute atomic E-state index is 0.631. The van der Waals surface area contributed by atoms with E-state index >= 15 is 0 Å². The molecule has 0 radical (unpaired) electrons. The Kier molecular flexibility index (Phi) is 4.45. The SMILES string of the molecule is CCC(CC)(C1CCC2C=CC=CC21)C1CCC2CCCCC21. The molecule has 0 spiro atoms. The lowest BCUT2D eigenvalue weighted by Gasteiger charge is -2.49. The van der Waals surface area contributed by atoms with E-state index in [4.69, 9.17) is 0 Å². The highest BCUT2D eigenvalue weighted by Crippen LogP contribution is 2.62. The van der Waals surface area contributed by atoms with Crippen molar-refractivity contribution in [2.24, 2.45) is 40.9 Å². The van der Waals surface area contributed by atoms with Gasteiger partial charge in [-0.1, -0.05) is 57.4 Å². The van der Waals surface area contributed by atoms with Gasteiger partial charge in [-0.3, -0.25) is 0 Å². The highest BCUT2D eigenvalue weighted by atomic mass is 14.6. The summed E-state index contributed by atoms with van der Waals surface area (Å²) in [6.45, 7) is 5.05. The van der Waals surface area contributed by atoms with E-state index in [9.17, 15) is 0 Å². The summed E-state index contributed by atoms with van der Waals surface area (Å²) in [6, 6.07) is 0. The minimum atomic E-state index is 0.631. The third-order valence-corrected chi connectivity index (χ3v) is 8.70. The van der Waals surface area contributed by atoms with E-state index in [1.807, 2.05) is 0 Å². The molecule has 0 heterocycles. The maximum atomic E-state index is 2.58. The van der Waals surface area contributed by atoms with Gasteiger partial charge in [-0.2, -0.15) is 0 Å². The molecule has 3 fully saturated rings. The quantitative estimate of drug-likeness (QED) is 0.537. The van der Waals surface area contributed by atoms with Crippen molar-refractivity contribution < 1.29 is 0 Å². The highest BCUT2D eigenvalue weighted by molar-refractivity contribution is 5.19. The average Bonchev–Trinajstić information content (AvgIpc) is 3.23. The number of allylic oxidation sites excluding steroid dienone is 4. The first-order chi connectivity index (χ1) is 11.3. The summed E-state index contributed by atoms with van der Waals surface area (Å²) in [4.78, 5) is 0. The molecule has 4 aliphatic rings. The molecule has 4 rings (SSSR count).